The average Bonchev–Trinajstić information content (AvgIpc) is 3.02. The molecule has 1 aliphatic rings. The van der Waals surface area contributed by atoms with Crippen LogP contribution in [0.15, 0.2) is 33.7 Å². The molecule has 1 aromatic carbocycles. The van der Waals surface area contributed by atoms with E-state index in [4.69, 9.17) is 9.73 Å². The van der Waals surface area contributed by atoms with Gasteiger partial charge >= 0.3 is 0 Å². The third-order valence-corrected chi connectivity index (χ3v) is 4.40. The molecule has 24 heavy (non-hydrogen) atoms. The zero-order valence-corrected chi connectivity index (χ0v) is 18.3. The first-order valence-electron chi connectivity index (χ1n) is 8.24. The Morgan fingerprint density at radius 1 is 1.42 bits per heavy atom. The lowest BCUT2D eigenvalue weighted by molar-refractivity contribution is 0.203. The maximum absolute atomic E-state index is 5.07. The normalized spacial score (nSPS) is 17.5. The molecule has 5 nitrogen and oxygen atoms in total. The third kappa shape index (κ3) is 7.14. The van der Waals surface area contributed by atoms with Crippen molar-refractivity contribution in [3.63, 3.8) is 0 Å². The highest BCUT2D eigenvalue weighted by atomic mass is 127. The molecule has 1 aliphatic heterocycles. The molecule has 2 rings (SSSR count). The Hall–Kier alpha value is -0.540. The van der Waals surface area contributed by atoms with Crippen molar-refractivity contribution in [2.24, 2.45) is 10.9 Å². The topological polar surface area (TPSA) is 48.9 Å². The van der Waals surface area contributed by atoms with Gasteiger partial charge < -0.3 is 20.3 Å². The SMILES string of the molecule is CCNC(=NCC1CCN(c2cccc(Br)c2)C1)NCCOC.I. The fraction of sp³-hybridized carbons (Fsp3) is 0.588. The number of nitrogens with one attached hydrogen (secondary N) is 2. The molecule has 1 unspecified atom stereocenters. The predicted molar refractivity (Wildman–Crippen MR) is 116 cm³/mol. The van der Waals surface area contributed by atoms with Gasteiger partial charge in [0.25, 0.3) is 0 Å². The van der Waals surface area contributed by atoms with E-state index in [1.165, 1.54) is 12.1 Å². The zero-order valence-electron chi connectivity index (χ0n) is 14.4. The summed E-state index contributed by atoms with van der Waals surface area (Å²) in [7, 11) is 1.71. The summed E-state index contributed by atoms with van der Waals surface area (Å²) >= 11 is 3.55. The van der Waals surface area contributed by atoms with Crippen LogP contribution in [0.3, 0.4) is 0 Å². The van der Waals surface area contributed by atoms with Crippen LogP contribution >= 0.6 is 39.9 Å². The lowest BCUT2D eigenvalue weighted by atomic mass is 10.1. The van der Waals surface area contributed by atoms with E-state index in [1.807, 2.05) is 0 Å². The molecule has 2 N–H and O–H groups in total. The molecule has 0 aromatic heterocycles. The summed E-state index contributed by atoms with van der Waals surface area (Å²) < 4.78 is 6.20. The minimum absolute atomic E-state index is 0. The Morgan fingerprint density at radius 3 is 2.96 bits per heavy atom. The van der Waals surface area contributed by atoms with Crippen molar-refractivity contribution in [1.29, 1.82) is 0 Å². The van der Waals surface area contributed by atoms with Crippen LogP contribution in [0.1, 0.15) is 13.3 Å². The molecule has 1 saturated heterocycles. The van der Waals surface area contributed by atoms with Crippen molar-refractivity contribution in [3.05, 3.63) is 28.7 Å². The quantitative estimate of drug-likeness (QED) is 0.256. The Kier molecular flexibility index (Phi) is 10.7. The van der Waals surface area contributed by atoms with Gasteiger partial charge in [0, 0.05) is 50.0 Å². The number of benzene rings is 1. The second kappa shape index (κ2) is 11.9. The van der Waals surface area contributed by atoms with E-state index in [9.17, 15) is 0 Å². The van der Waals surface area contributed by atoms with Crippen LogP contribution in [0.25, 0.3) is 0 Å². The molecule has 1 atom stereocenters. The number of guanidine groups is 1. The summed E-state index contributed by atoms with van der Waals surface area (Å²) in [5.41, 5.74) is 1.29. The number of rotatable bonds is 7. The molecular weight excluding hydrogens is 483 g/mol. The van der Waals surface area contributed by atoms with Gasteiger partial charge in [-0.2, -0.15) is 0 Å². The molecule has 0 amide bonds. The fourth-order valence-corrected chi connectivity index (χ4v) is 3.11. The summed E-state index contributed by atoms with van der Waals surface area (Å²) in [6.07, 6.45) is 1.19. The number of halogens is 2. The molecule has 0 bridgehead atoms. The van der Waals surface area contributed by atoms with Crippen LogP contribution in [0, 0.1) is 5.92 Å². The summed E-state index contributed by atoms with van der Waals surface area (Å²) in [5.74, 6) is 1.48. The number of anilines is 1. The van der Waals surface area contributed by atoms with Crippen LogP contribution in [-0.4, -0.2) is 52.4 Å². The first kappa shape index (κ1) is 21.5. The van der Waals surface area contributed by atoms with Crippen molar-refractivity contribution in [2.45, 2.75) is 13.3 Å². The third-order valence-electron chi connectivity index (χ3n) is 3.91. The van der Waals surface area contributed by atoms with E-state index < -0.39 is 0 Å². The Labute approximate surface area is 170 Å². The maximum Gasteiger partial charge on any atom is 0.191 e. The second-order valence-electron chi connectivity index (χ2n) is 5.72. The average molecular weight is 511 g/mol. The molecular formula is C17H28BrIN4O. The Morgan fingerprint density at radius 2 is 2.25 bits per heavy atom. The van der Waals surface area contributed by atoms with E-state index in [-0.39, 0.29) is 24.0 Å². The first-order valence-corrected chi connectivity index (χ1v) is 9.04. The van der Waals surface area contributed by atoms with Gasteiger partial charge in [-0.1, -0.05) is 22.0 Å². The minimum Gasteiger partial charge on any atom is -0.383 e. The number of hydrogen-bond acceptors (Lipinski definition) is 3. The summed E-state index contributed by atoms with van der Waals surface area (Å²) in [6, 6.07) is 8.51. The molecule has 0 radical (unpaired) electrons. The highest BCUT2D eigenvalue weighted by molar-refractivity contribution is 14.0. The molecule has 1 aromatic rings. The van der Waals surface area contributed by atoms with Crippen molar-refractivity contribution in [1.82, 2.24) is 10.6 Å². The van der Waals surface area contributed by atoms with E-state index in [0.29, 0.717) is 12.5 Å². The standard InChI is InChI=1S/C17H27BrN4O.HI/c1-3-19-17(20-8-10-23-2)21-12-14-7-9-22(13-14)16-6-4-5-15(18)11-16;/h4-6,11,14H,3,7-10,12-13H2,1-2H3,(H2,19,20,21);1H. The Bertz CT molecular complexity index is 515. The highest BCUT2D eigenvalue weighted by Gasteiger charge is 2.22. The smallest absolute Gasteiger partial charge is 0.191 e. The maximum atomic E-state index is 5.07. The minimum atomic E-state index is 0. The molecule has 1 fully saturated rings. The number of nitrogens with zero attached hydrogens (tertiary/aromatic N) is 2. The van der Waals surface area contributed by atoms with Gasteiger partial charge in [0.15, 0.2) is 5.96 Å². The largest absolute Gasteiger partial charge is 0.383 e. The van der Waals surface area contributed by atoms with Gasteiger partial charge in [0.2, 0.25) is 0 Å². The molecule has 136 valence electrons. The molecule has 0 aliphatic carbocycles. The number of ether oxygens (including phenoxy) is 1. The second-order valence-corrected chi connectivity index (χ2v) is 6.64. The van der Waals surface area contributed by atoms with E-state index in [1.54, 1.807) is 7.11 Å². The van der Waals surface area contributed by atoms with Crippen molar-refractivity contribution < 1.29 is 4.74 Å². The lowest BCUT2D eigenvalue weighted by Crippen LogP contribution is -2.39. The van der Waals surface area contributed by atoms with Crippen LogP contribution in [-0.2, 0) is 4.74 Å². The van der Waals surface area contributed by atoms with Gasteiger partial charge in [-0.25, -0.2) is 0 Å². The molecule has 0 spiro atoms. The zero-order chi connectivity index (χ0) is 16.5. The van der Waals surface area contributed by atoms with Crippen LogP contribution < -0.4 is 15.5 Å². The van der Waals surface area contributed by atoms with Gasteiger partial charge in [-0.15, -0.1) is 24.0 Å². The highest BCUT2D eigenvalue weighted by Crippen LogP contribution is 2.26. The van der Waals surface area contributed by atoms with Crippen LogP contribution in [0.5, 0.6) is 0 Å². The lowest BCUT2D eigenvalue weighted by Gasteiger charge is -2.18. The molecule has 1 heterocycles. The number of aliphatic imine (C=N–C) groups is 1. The fourth-order valence-electron chi connectivity index (χ4n) is 2.72. The summed E-state index contributed by atoms with van der Waals surface area (Å²) in [5, 5.41) is 6.57. The Balaban J connectivity index is 0.00000288. The van der Waals surface area contributed by atoms with Gasteiger partial charge in [0.05, 0.1) is 6.61 Å². The van der Waals surface area contributed by atoms with Crippen molar-refractivity contribution in [3.8, 4) is 0 Å². The van der Waals surface area contributed by atoms with E-state index in [2.05, 4.69) is 62.7 Å². The molecule has 7 heteroatoms. The van der Waals surface area contributed by atoms with Gasteiger partial charge in [-0.05, 0) is 37.5 Å². The van der Waals surface area contributed by atoms with Crippen LogP contribution in [0.4, 0.5) is 5.69 Å². The predicted octanol–water partition coefficient (Wildman–Crippen LogP) is 3.09. The van der Waals surface area contributed by atoms with Gasteiger partial charge in [-0.3, -0.25) is 4.99 Å². The number of hydrogen-bond donors (Lipinski definition) is 2. The van der Waals surface area contributed by atoms with Gasteiger partial charge in [0.1, 0.15) is 0 Å². The first-order chi connectivity index (χ1) is 11.2. The van der Waals surface area contributed by atoms with Crippen molar-refractivity contribution in [2.75, 3.05) is 51.3 Å². The van der Waals surface area contributed by atoms with E-state index in [0.717, 1.165) is 43.2 Å². The van der Waals surface area contributed by atoms with Crippen LogP contribution in [0.2, 0.25) is 0 Å². The van der Waals surface area contributed by atoms with E-state index >= 15 is 0 Å². The summed E-state index contributed by atoms with van der Waals surface area (Å²) in [4.78, 5) is 7.16. The monoisotopic (exact) mass is 510 g/mol. The summed E-state index contributed by atoms with van der Waals surface area (Å²) in [6.45, 7) is 7.43. The number of methoxy groups -OCH3 is 1. The van der Waals surface area contributed by atoms with Crippen molar-refractivity contribution >= 4 is 51.6 Å². The molecule has 0 saturated carbocycles.